The van der Waals surface area contributed by atoms with E-state index in [-0.39, 0.29) is 12.5 Å². The van der Waals surface area contributed by atoms with E-state index in [4.69, 9.17) is 5.11 Å². The van der Waals surface area contributed by atoms with Crippen LogP contribution in [0.3, 0.4) is 0 Å². The summed E-state index contributed by atoms with van der Waals surface area (Å²) in [7, 11) is 0. The molecule has 0 aromatic heterocycles. The molecule has 0 heterocycles. The molecule has 1 fully saturated rings. The maximum atomic E-state index is 12.1. The number of carboxylic acids is 1. The van der Waals surface area contributed by atoms with Gasteiger partial charge in [-0.3, -0.25) is 4.79 Å². The lowest BCUT2D eigenvalue weighted by Crippen LogP contribution is -2.19. The minimum Gasteiger partial charge on any atom is -0.481 e. The highest BCUT2D eigenvalue weighted by atomic mass is 16.4. The first-order valence-corrected chi connectivity index (χ1v) is 9.55. The van der Waals surface area contributed by atoms with E-state index >= 15 is 0 Å². The Morgan fingerprint density at radius 1 is 0.852 bits per heavy atom. The van der Waals surface area contributed by atoms with Gasteiger partial charge in [0.1, 0.15) is 0 Å². The Balaban J connectivity index is 1.47. The van der Waals surface area contributed by atoms with Gasteiger partial charge in [-0.15, -0.1) is 0 Å². The van der Waals surface area contributed by atoms with E-state index in [1.54, 1.807) is 0 Å². The Bertz CT molecular complexity index is 751. The average molecular weight is 366 g/mol. The number of carbonyl (C=O) groups excluding carboxylic acids is 1. The van der Waals surface area contributed by atoms with Gasteiger partial charge in [-0.05, 0) is 73.8 Å². The number of amides is 2. The first kappa shape index (κ1) is 19.0. The number of para-hydroxylation sites is 1. The fourth-order valence-corrected chi connectivity index (χ4v) is 3.77. The highest BCUT2D eigenvalue weighted by Crippen LogP contribution is 2.37. The maximum Gasteiger partial charge on any atom is 0.323 e. The van der Waals surface area contributed by atoms with Crippen LogP contribution in [0, 0.1) is 5.92 Å². The number of nitrogens with one attached hydrogen (secondary N) is 2. The molecule has 5 heteroatoms. The van der Waals surface area contributed by atoms with Crippen molar-refractivity contribution in [2.45, 2.75) is 44.4 Å². The number of hydrogen-bond acceptors (Lipinski definition) is 2. The topological polar surface area (TPSA) is 78.4 Å². The minimum atomic E-state index is -0.698. The van der Waals surface area contributed by atoms with Gasteiger partial charge in [-0.25, -0.2) is 4.79 Å². The van der Waals surface area contributed by atoms with Gasteiger partial charge in [-0.2, -0.15) is 0 Å². The van der Waals surface area contributed by atoms with Crippen LogP contribution in [0.5, 0.6) is 0 Å². The lowest BCUT2D eigenvalue weighted by Gasteiger charge is -2.28. The van der Waals surface area contributed by atoms with Crippen molar-refractivity contribution < 1.29 is 14.7 Å². The van der Waals surface area contributed by atoms with Gasteiger partial charge in [0.25, 0.3) is 0 Å². The summed E-state index contributed by atoms with van der Waals surface area (Å²) in [6, 6.07) is 17.1. The quantitative estimate of drug-likeness (QED) is 0.634. The number of aliphatic carboxylic acids is 1. The third-order valence-corrected chi connectivity index (χ3v) is 5.28. The lowest BCUT2D eigenvalue weighted by molar-refractivity contribution is -0.137. The van der Waals surface area contributed by atoms with Crippen molar-refractivity contribution in [3.8, 4) is 0 Å². The fraction of sp³-hybridized carbons (Fsp3) is 0.364. The number of hydrogen-bond donors (Lipinski definition) is 3. The standard InChI is InChI=1S/C22H26N2O3/c25-21(26)15-8-16-6-9-17(10-7-16)18-11-13-20(14-12-18)24-22(27)23-19-4-2-1-3-5-19/h1-5,11-14,16-17H,6-10,15H2,(H,25,26)(H2,23,24,27)/t16-,17-. The molecular weight excluding hydrogens is 340 g/mol. The number of carbonyl (C=O) groups is 2. The van der Waals surface area contributed by atoms with Crippen LogP contribution in [-0.4, -0.2) is 17.1 Å². The van der Waals surface area contributed by atoms with Crippen LogP contribution in [0.15, 0.2) is 54.6 Å². The first-order chi connectivity index (χ1) is 13.1. The van der Waals surface area contributed by atoms with E-state index in [0.717, 1.165) is 43.5 Å². The molecule has 0 atom stereocenters. The van der Waals surface area contributed by atoms with Crippen LogP contribution in [0.2, 0.25) is 0 Å². The van der Waals surface area contributed by atoms with Crippen LogP contribution < -0.4 is 10.6 Å². The second-order valence-electron chi connectivity index (χ2n) is 7.22. The number of rotatable bonds is 6. The second-order valence-corrected chi connectivity index (χ2v) is 7.22. The zero-order valence-electron chi connectivity index (χ0n) is 15.4. The molecule has 142 valence electrons. The number of benzene rings is 2. The molecule has 3 rings (SSSR count). The summed E-state index contributed by atoms with van der Waals surface area (Å²) < 4.78 is 0. The van der Waals surface area contributed by atoms with Gasteiger partial charge in [0.05, 0.1) is 0 Å². The largest absolute Gasteiger partial charge is 0.481 e. The van der Waals surface area contributed by atoms with Crippen molar-refractivity contribution in [1.82, 2.24) is 0 Å². The molecule has 1 aliphatic carbocycles. The molecule has 1 aliphatic rings. The molecule has 0 saturated heterocycles. The van der Waals surface area contributed by atoms with E-state index in [2.05, 4.69) is 22.8 Å². The molecule has 5 nitrogen and oxygen atoms in total. The van der Waals surface area contributed by atoms with Gasteiger partial charge in [-0.1, -0.05) is 30.3 Å². The number of anilines is 2. The minimum absolute atomic E-state index is 0.257. The summed E-state index contributed by atoms with van der Waals surface area (Å²) >= 11 is 0. The molecule has 27 heavy (non-hydrogen) atoms. The van der Waals surface area contributed by atoms with Crippen molar-refractivity contribution in [3.63, 3.8) is 0 Å². The molecule has 2 aromatic carbocycles. The third-order valence-electron chi connectivity index (χ3n) is 5.28. The van der Waals surface area contributed by atoms with Gasteiger partial charge >= 0.3 is 12.0 Å². The molecule has 0 bridgehead atoms. The van der Waals surface area contributed by atoms with Crippen molar-refractivity contribution in [2.75, 3.05) is 10.6 Å². The van der Waals surface area contributed by atoms with Crippen molar-refractivity contribution in [1.29, 1.82) is 0 Å². The van der Waals surface area contributed by atoms with Crippen LogP contribution >= 0.6 is 0 Å². The molecule has 3 N–H and O–H groups in total. The summed E-state index contributed by atoms with van der Waals surface area (Å²) in [6.45, 7) is 0. The van der Waals surface area contributed by atoms with Crippen LogP contribution in [0.4, 0.5) is 16.2 Å². The molecule has 0 aliphatic heterocycles. The van der Waals surface area contributed by atoms with Crippen LogP contribution in [0.25, 0.3) is 0 Å². The third kappa shape index (κ3) is 5.84. The summed E-state index contributed by atoms with van der Waals surface area (Å²) in [5, 5.41) is 14.5. The second kappa shape index (κ2) is 9.21. The van der Waals surface area contributed by atoms with Gasteiger partial charge < -0.3 is 15.7 Å². The molecule has 0 radical (unpaired) electrons. The summed E-state index contributed by atoms with van der Waals surface area (Å²) in [6.07, 6.45) is 5.47. The predicted octanol–water partition coefficient (Wildman–Crippen LogP) is 5.47. The van der Waals surface area contributed by atoms with E-state index in [1.165, 1.54) is 5.56 Å². The molecule has 0 spiro atoms. The van der Waals surface area contributed by atoms with E-state index in [0.29, 0.717) is 11.8 Å². The monoisotopic (exact) mass is 366 g/mol. The Morgan fingerprint density at radius 2 is 1.44 bits per heavy atom. The molecular formula is C22H26N2O3. The predicted molar refractivity (Wildman–Crippen MR) is 107 cm³/mol. The van der Waals surface area contributed by atoms with E-state index in [9.17, 15) is 9.59 Å². The number of urea groups is 1. The van der Waals surface area contributed by atoms with Gasteiger partial charge in [0, 0.05) is 17.8 Å². The summed E-state index contributed by atoms with van der Waals surface area (Å²) in [5.41, 5.74) is 2.81. The molecule has 2 amide bonds. The Labute approximate surface area is 159 Å². The Kier molecular flexibility index (Phi) is 6.47. The molecule has 1 saturated carbocycles. The van der Waals surface area contributed by atoms with Gasteiger partial charge in [0.15, 0.2) is 0 Å². The van der Waals surface area contributed by atoms with Crippen molar-refractivity contribution >= 4 is 23.4 Å². The number of carboxylic acid groups (broad SMARTS) is 1. The smallest absolute Gasteiger partial charge is 0.323 e. The average Bonchev–Trinajstić information content (AvgIpc) is 2.68. The molecule has 0 unspecified atom stereocenters. The van der Waals surface area contributed by atoms with Crippen molar-refractivity contribution in [3.05, 3.63) is 60.2 Å². The zero-order chi connectivity index (χ0) is 19.1. The normalized spacial score (nSPS) is 19.3. The highest BCUT2D eigenvalue weighted by molar-refractivity contribution is 5.99. The first-order valence-electron chi connectivity index (χ1n) is 9.55. The SMILES string of the molecule is O=C(O)CC[C@H]1CC[C@H](c2ccc(NC(=O)Nc3ccccc3)cc2)CC1. The fourth-order valence-electron chi connectivity index (χ4n) is 3.77. The Morgan fingerprint density at radius 3 is 2.04 bits per heavy atom. The zero-order valence-corrected chi connectivity index (χ0v) is 15.4. The lowest BCUT2D eigenvalue weighted by atomic mass is 9.77. The maximum absolute atomic E-state index is 12.1. The van der Waals surface area contributed by atoms with E-state index < -0.39 is 5.97 Å². The summed E-state index contributed by atoms with van der Waals surface area (Å²) in [4.78, 5) is 22.8. The van der Waals surface area contributed by atoms with Crippen LogP contribution in [0.1, 0.15) is 50.0 Å². The highest BCUT2D eigenvalue weighted by Gasteiger charge is 2.22. The van der Waals surface area contributed by atoms with Gasteiger partial charge in [0.2, 0.25) is 0 Å². The Hall–Kier alpha value is -2.82. The molecule has 2 aromatic rings. The van der Waals surface area contributed by atoms with E-state index in [1.807, 2.05) is 42.5 Å². The van der Waals surface area contributed by atoms with Crippen molar-refractivity contribution in [2.24, 2.45) is 5.92 Å². The van der Waals surface area contributed by atoms with Crippen LogP contribution in [-0.2, 0) is 4.79 Å². The summed E-state index contributed by atoms with van der Waals surface area (Å²) in [5.74, 6) is 0.370.